The lowest BCUT2D eigenvalue weighted by molar-refractivity contribution is 0.0482. The van der Waals surface area contributed by atoms with Gasteiger partial charge in [-0.3, -0.25) is 14.3 Å². The number of carbonyl (C=O) groups excluding carboxylic acids is 1. The van der Waals surface area contributed by atoms with Gasteiger partial charge in [-0.25, -0.2) is 4.68 Å². The number of rotatable bonds is 3. The maximum atomic E-state index is 12.6. The number of hydrogen-bond donors (Lipinski definition) is 0. The van der Waals surface area contributed by atoms with Crippen LogP contribution in [0.15, 0.2) is 53.3 Å². The second-order valence-corrected chi connectivity index (χ2v) is 6.53. The van der Waals surface area contributed by atoms with Crippen molar-refractivity contribution in [1.82, 2.24) is 24.5 Å². The van der Waals surface area contributed by atoms with Crippen molar-refractivity contribution < 1.29 is 4.79 Å². The first kappa shape index (κ1) is 16.3. The highest BCUT2D eigenvalue weighted by molar-refractivity contribution is 5.93. The van der Waals surface area contributed by atoms with Crippen LogP contribution in [0.3, 0.4) is 0 Å². The van der Waals surface area contributed by atoms with Crippen LogP contribution in [0.1, 0.15) is 22.2 Å². The number of carbonyl (C=O) groups is 1. The smallest absolute Gasteiger partial charge is 0.272 e. The summed E-state index contributed by atoms with van der Waals surface area (Å²) in [7, 11) is 1.76. The summed E-state index contributed by atoms with van der Waals surface area (Å²) < 4.78 is 3.08. The van der Waals surface area contributed by atoms with Crippen molar-refractivity contribution in [2.24, 2.45) is 7.05 Å². The predicted molar refractivity (Wildman–Crippen MR) is 96.8 cm³/mol. The van der Waals surface area contributed by atoms with Crippen LogP contribution in [0.25, 0.3) is 11.3 Å². The molecule has 7 heteroatoms. The van der Waals surface area contributed by atoms with E-state index >= 15 is 0 Å². The highest BCUT2D eigenvalue weighted by Crippen LogP contribution is 2.23. The molecule has 3 aromatic rings. The van der Waals surface area contributed by atoms with Gasteiger partial charge >= 0.3 is 0 Å². The van der Waals surface area contributed by atoms with Gasteiger partial charge in [-0.05, 0) is 19.1 Å². The molecule has 132 valence electrons. The number of aromatic nitrogens is 4. The average molecular weight is 349 g/mol. The molecule has 2 aromatic heterocycles. The lowest BCUT2D eigenvalue weighted by Gasteiger charge is -2.39. The molecule has 1 amide bonds. The summed E-state index contributed by atoms with van der Waals surface area (Å²) in [4.78, 5) is 26.5. The lowest BCUT2D eigenvalue weighted by Crippen LogP contribution is -2.53. The van der Waals surface area contributed by atoms with Gasteiger partial charge in [0.05, 0.1) is 17.4 Å². The number of hydrogen-bond acceptors (Lipinski definition) is 4. The van der Waals surface area contributed by atoms with Crippen LogP contribution in [0.2, 0.25) is 0 Å². The van der Waals surface area contributed by atoms with E-state index in [0.717, 1.165) is 17.0 Å². The van der Waals surface area contributed by atoms with Crippen molar-refractivity contribution in [2.45, 2.75) is 13.0 Å². The van der Waals surface area contributed by atoms with Crippen molar-refractivity contribution in [2.75, 3.05) is 13.1 Å². The molecule has 0 atom stereocenters. The number of aryl methyl sites for hydroxylation is 2. The van der Waals surface area contributed by atoms with Gasteiger partial charge in [-0.2, -0.15) is 10.2 Å². The van der Waals surface area contributed by atoms with E-state index in [-0.39, 0.29) is 17.5 Å². The molecule has 0 saturated carbocycles. The molecule has 1 aromatic carbocycles. The molecule has 0 radical (unpaired) electrons. The highest BCUT2D eigenvalue weighted by atomic mass is 16.2. The third-order valence-corrected chi connectivity index (χ3v) is 4.61. The molecular weight excluding hydrogens is 330 g/mol. The maximum absolute atomic E-state index is 12.6. The minimum Gasteiger partial charge on any atom is -0.333 e. The van der Waals surface area contributed by atoms with Crippen LogP contribution in [-0.4, -0.2) is 43.5 Å². The van der Waals surface area contributed by atoms with Crippen molar-refractivity contribution in [1.29, 1.82) is 0 Å². The van der Waals surface area contributed by atoms with Crippen LogP contribution >= 0.6 is 0 Å². The zero-order valence-corrected chi connectivity index (χ0v) is 14.7. The van der Waals surface area contributed by atoms with Gasteiger partial charge in [0.15, 0.2) is 0 Å². The molecule has 7 nitrogen and oxygen atoms in total. The standard InChI is InChI=1S/C19H19N5O2/c1-13-10-17(22(2)20-13)19(26)23-11-15(12-23)24-18(25)9-8-16(21-24)14-6-4-3-5-7-14/h3-10,15H,11-12H2,1-2H3. The molecule has 0 N–H and O–H groups in total. The summed E-state index contributed by atoms with van der Waals surface area (Å²) >= 11 is 0. The molecular formula is C19H19N5O2. The summed E-state index contributed by atoms with van der Waals surface area (Å²) in [6.45, 7) is 2.79. The molecule has 26 heavy (non-hydrogen) atoms. The first-order valence-electron chi connectivity index (χ1n) is 8.48. The van der Waals surface area contributed by atoms with Crippen LogP contribution in [0, 0.1) is 6.92 Å². The average Bonchev–Trinajstić information content (AvgIpc) is 2.94. The molecule has 0 bridgehead atoms. The van der Waals surface area contributed by atoms with Crippen LogP contribution in [-0.2, 0) is 7.05 Å². The Morgan fingerprint density at radius 2 is 1.81 bits per heavy atom. The van der Waals surface area contributed by atoms with Crippen molar-refractivity contribution in [3.05, 3.63) is 70.3 Å². The third kappa shape index (κ3) is 2.81. The van der Waals surface area contributed by atoms with Crippen molar-refractivity contribution >= 4 is 5.91 Å². The van der Waals surface area contributed by atoms with E-state index in [1.165, 1.54) is 10.7 Å². The predicted octanol–water partition coefficient (Wildman–Crippen LogP) is 1.65. The zero-order valence-electron chi connectivity index (χ0n) is 14.7. The normalized spacial score (nSPS) is 14.3. The highest BCUT2D eigenvalue weighted by Gasteiger charge is 2.35. The largest absolute Gasteiger partial charge is 0.333 e. The first-order chi connectivity index (χ1) is 12.5. The Labute approximate surface area is 150 Å². The van der Waals surface area contributed by atoms with Crippen LogP contribution in [0.4, 0.5) is 0 Å². The molecule has 0 spiro atoms. The molecule has 1 saturated heterocycles. The van der Waals surface area contributed by atoms with Gasteiger partial charge < -0.3 is 4.90 Å². The van der Waals surface area contributed by atoms with Crippen molar-refractivity contribution in [3.63, 3.8) is 0 Å². The molecule has 3 heterocycles. The minimum absolute atomic E-state index is 0.0726. The van der Waals surface area contributed by atoms with Gasteiger partial charge in [-0.15, -0.1) is 0 Å². The van der Waals surface area contributed by atoms with Gasteiger partial charge in [0.2, 0.25) is 0 Å². The SMILES string of the molecule is Cc1cc(C(=O)N2CC(n3nc(-c4ccccc4)ccc3=O)C2)n(C)n1. The van der Waals surface area contributed by atoms with Crippen molar-refractivity contribution in [3.8, 4) is 11.3 Å². The zero-order chi connectivity index (χ0) is 18.3. The van der Waals surface area contributed by atoms with Gasteiger partial charge in [0.25, 0.3) is 11.5 Å². The fraction of sp³-hybridized carbons (Fsp3) is 0.263. The molecule has 0 unspecified atom stereocenters. The van der Waals surface area contributed by atoms with E-state index in [9.17, 15) is 9.59 Å². The number of nitrogens with zero attached hydrogens (tertiary/aromatic N) is 5. The first-order valence-corrected chi connectivity index (χ1v) is 8.48. The second kappa shape index (κ2) is 6.25. The van der Waals surface area contributed by atoms with Crippen LogP contribution in [0.5, 0.6) is 0 Å². The Bertz CT molecular complexity index is 1020. The van der Waals surface area contributed by atoms with Crippen LogP contribution < -0.4 is 5.56 Å². The van der Waals surface area contributed by atoms with E-state index in [0.29, 0.717) is 18.8 Å². The molecule has 1 fully saturated rings. The summed E-state index contributed by atoms with van der Waals surface area (Å²) in [5.41, 5.74) is 2.91. The van der Waals surface area contributed by atoms with E-state index < -0.39 is 0 Å². The number of amides is 1. The Kier molecular flexibility index (Phi) is 3.91. The summed E-state index contributed by atoms with van der Waals surface area (Å²) in [5.74, 6) is -0.0726. The topological polar surface area (TPSA) is 73.0 Å². The third-order valence-electron chi connectivity index (χ3n) is 4.61. The van der Waals surface area contributed by atoms with E-state index in [1.54, 1.807) is 28.8 Å². The number of benzene rings is 1. The fourth-order valence-electron chi connectivity index (χ4n) is 3.20. The Hall–Kier alpha value is -3.22. The van der Waals surface area contributed by atoms with Gasteiger partial charge in [0.1, 0.15) is 5.69 Å². The quantitative estimate of drug-likeness (QED) is 0.721. The molecule has 0 aliphatic carbocycles. The van der Waals surface area contributed by atoms with Gasteiger partial charge in [0, 0.05) is 31.8 Å². The lowest BCUT2D eigenvalue weighted by atomic mass is 10.1. The fourth-order valence-corrected chi connectivity index (χ4v) is 3.20. The van der Waals surface area contributed by atoms with E-state index in [2.05, 4.69) is 10.2 Å². The molecule has 1 aliphatic rings. The number of likely N-dealkylation sites (tertiary alicyclic amines) is 1. The Morgan fingerprint density at radius 3 is 2.46 bits per heavy atom. The summed E-state index contributed by atoms with van der Waals surface area (Å²) in [5, 5.41) is 8.71. The Morgan fingerprint density at radius 1 is 1.08 bits per heavy atom. The van der Waals surface area contributed by atoms with E-state index in [1.807, 2.05) is 37.3 Å². The summed E-state index contributed by atoms with van der Waals surface area (Å²) in [6, 6.07) is 14.7. The minimum atomic E-state index is -0.154. The second-order valence-electron chi connectivity index (χ2n) is 6.53. The van der Waals surface area contributed by atoms with Gasteiger partial charge in [-0.1, -0.05) is 30.3 Å². The Balaban J connectivity index is 1.53. The summed E-state index contributed by atoms with van der Waals surface area (Å²) in [6.07, 6.45) is 0. The monoisotopic (exact) mass is 349 g/mol. The van der Waals surface area contributed by atoms with E-state index in [4.69, 9.17) is 0 Å². The molecule has 1 aliphatic heterocycles. The molecule has 4 rings (SSSR count). The maximum Gasteiger partial charge on any atom is 0.272 e.